The van der Waals surface area contributed by atoms with Gasteiger partial charge in [0, 0.05) is 24.0 Å². The molecule has 4 nitrogen and oxygen atoms in total. The minimum atomic E-state index is -0.0838. The molecule has 0 radical (unpaired) electrons. The van der Waals surface area contributed by atoms with Crippen LogP contribution < -0.4 is 10.9 Å². The zero-order valence-electron chi connectivity index (χ0n) is 10.7. The van der Waals surface area contributed by atoms with Crippen LogP contribution in [0, 0.1) is 0 Å². The first-order chi connectivity index (χ1) is 8.86. The molecule has 0 aromatic carbocycles. The van der Waals surface area contributed by atoms with E-state index >= 15 is 0 Å². The van der Waals surface area contributed by atoms with Gasteiger partial charge >= 0.3 is 0 Å². The lowest BCUT2D eigenvalue weighted by molar-refractivity contribution is 0.0921. The molecule has 1 amide bonds. The third-order valence-corrected chi connectivity index (χ3v) is 3.44. The highest BCUT2D eigenvalue weighted by atomic mass is 16.2. The van der Waals surface area contributed by atoms with Crippen molar-refractivity contribution in [2.45, 2.75) is 51.0 Å². The molecule has 0 unspecified atom stereocenters. The monoisotopic (exact) mass is 247 g/mol. The maximum Gasteiger partial charge on any atom is 0.265 e. The molecule has 1 heterocycles. The highest BCUT2D eigenvalue weighted by Gasteiger charge is 2.12. The van der Waals surface area contributed by atoms with Gasteiger partial charge in [0.05, 0.1) is 0 Å². The summed E-state index contributed by atoms with van der Waals surface area (Å²) in [6, 6.07) is 3.85. The Morgan fingerprint density at radius 1 is 1.06 bits per heavy atom. The number of hydrogen-bond acceptors (Lipinski definition) is 3. The fourth-order valence-electron chi connectivity index (χ4n) is 2.34. The molecule has 98 valence electrons. The molecule has 2 rings (SSSR count). The Kier molecular flexibility index (Phi) is 5.15. The van der Waals surface area contributed by atoms with Crippen molar-refractivity contribution in [1.82, 2.24) is 15.8 Å². The van der Waals surface area contributed by atoms with Gasteiger partial charge in [0.25, 0.3) is 5.91 Å². The van der Waals surface area contributed by atoms with Crippen LogP contribution in [0.4, 0.5) is 0 Å². The Bertz CT molecular complexity index is 359. The lowest BCUT2D eigenvalue weighted by atomic mass is 9.97. The Labute approximate surface area is 108 Å². The van der Waals surface area contributed by atoms with Crippen LogP contribution in [0.2, 0.25) is 0 Å². The van der Waals surface area contributed by atoms with Crippen molar-refractivity contribution in [2.24, 2.45) is 0 Å². The number of hydrogen-bond donors (Lipinski definition) is 2. The van der Waals surface area contributed by atoms with Crippen molar-refractivity contribution in [1.29, 1.82) is 0 Å². The van der Waals surface area contributed by atoms with Crippen LogP contribution in [0.15, 0.2) is 24.5 Å². The molecule has 0 atom stereocenters. The molecule has 1 saturated carbocycles. The molecule has 0 saturated heterocycles. The van der Waals surface area contributed by atoms with Gasteiger partial charge in [-0.25, -0.2) is 5.43 Å². The van der Waals surface area contributed by atoms with Crippen LogP contribution in [0.25, 0.3) is 0 Å². The summed E-state index contributed by atoms with van der Waals surface area (Å²) < 4.78 is 0. The Morgan fingerprint density at radius 2 is 1.67 bits per heavy atom. The topological polar surface area (TPSA) is 54.0 Å². The number of rotatable bonds is 3. The van der Waals surface area contributed by atoms with E-state index in [1.807, 2.05) is 0 Å². The van der Waals surface area contributed by atoms with Crippen LogP contribution in [0.1, 0.15) is 55.3 Å². The van der Waals surface area contributed by atoms with Gasteiger partial charge in [0.1, 0.15) is 0 Å². The second-order valence-corrected chi connectivity index (χ2v) is 4.88. The molecule has 1 fully saturated rings. The van der Waals surface area contributed by atoms with Crippen LogP contribution in [-0.4, -0.2) is 16.9 Å². The molecular formula is C14H21N3O. The van der Waals surface area contributed by atoms with E-state index in [0.717, 1.165) is 12.8 Å². The summed E-state index contributed by atoms with van der Waals surface area (Å²) in [5, 5.41) is 0. The van der Waals surface area contributed by atoms with Gasteiger partial charge in [-0.2, -0.15) is 0 Å². The van der Waals surface area contributed by atoms with E-state index in [4.69, 9.17) is 0 Å². The standard InChI is InChI=1S/C14H21N3O/c18-14(12-8-10-15-11-9-12)17-16-13-6-4-2-1-3-5-7-13/h8-11,13,16H,1-7H2,(H,17,18). The van der Waals surface area contributed by atoms with Crippen LogP contribution >= 0.6 is 0 Å². The van der Waals surface area contributed by atoms with Crippen molar-refractivity contribution < 1.29 is 4.79 Å². The molecule has 4 heteroatoms. The normalized spacial score (nSPS) is 17.8. The number of amides is 1. The number of nitrogens with zero attached hydrogens (tertiary/aromatic N) is 1. The predicted molar refractivity (Wildman–Crippen MR) is 70.9 cm³/mol. The molecule has 1 aromatic rings. The van der Waals surface area contributed by atoms with Gasteiger partial charge in [-0.3, -0.25) is 15.2 Å². The minimum absolute atomic E-state index is 0.0838. The summed E-state index contributed by atoms with van der Waals surface area (Å²) in [5.74, 6) is -0.0838. The molecule has 0 spiro atoms. The quantitative estimate of drug-likeness (QED) is 0.807. The molecular weight excluding hydrogens is 226 g/mol. The molecule has 0 aliphatic heterocycles. The summed E-state index contributed by atoms with van der Waals surface area (Å²) in [7, 11) is 0. The smallest absolute Gasteiger partial charge is 0.265 e. The minimum Gasteiger partial charge on any atom is -0.287 e. The number of hydrazine groups is 1. The van der Waals surface area contributed by atoms with Crippen molar-refractivity contribution in [3.8, 4) is 0 Å². The highest BCUT2D eigenvalue weighted by Crippen LogP contribution is 2.16. The van der Waals surface area contributed by atoms with Gasteiger partial charge < -0.3 is 0 Å². The largest absolute Gasteiger partial charge is 0.287 e. The fraction of sp³-hybridized carbons (Fsp3) is 0.571. The van der Waals surface area contributed by atoms with E-state index in [1.165, 1.54) is 32.1 Å². The van der Waals surface area contributed by atoms with Gasteiger partial charge in [-0.1, -0.05) is 32.1 Å². The number of carbonyl (C=O) groups excluding carboxylic acids is 1. The zero-order valence-corrected chi connectivity index (χ0v) is 10.7. The summed E-state index contributed by atoms with van der Waals surface area (Å²) in [4.78, 5) is 15.7. The number of aromatic nitrogens is 1. The van der Waals surface area contributed by atoms with Gasteiger partial charge in [0.15, 0.2) is 0 Å². The lowest BCUT2D eigenvalue weighted by Crippen LogP contribution is -2.44. The van der Waals surface area contributed by atoms with E-state index < -0.39 is 0 Å². The highest BCUT2D eigenvalue weighted by molar-refractivity contribution is 5.93. The predicted octanol–water partition coefficient (Wildman–Crippen LogP) is 2.43. The van der Waals surface area contributed by atoms with Crippen molar-refractivity contribution in [2.75, 3.05) is 0 Å². The van der Waals surface area contributed by atoms with Gasteiger partial charge in [0.2, 0.25) is 0 Å². The van der Waals surface area contributed by atoms with Gasteiger partial charge in [-0.15, -0.1) is 0 Å². The lowest BCUT2D eigenvalue weighted by Gasteiger charge is -2.21. The Morgan fingerprint density at radius 3 is 2.33 bits per heavy atom. The second kappa shape index (κ2) is 7.11. The zero-order chi connectivity index (χ0) is 12.6. The average molecular weight is 247 g/mol. The van der Waals surface area contributed by atoms with Crippen molar-refractivity contribution in [3.05, 3.63) is 30.1 Å². The summed E-state index contributed by atoms with van der Waals surface area (Å²) in [5.41, 5.74) is 6.61. The first-order valence-electron chi connectivity index (χ1n) is 6.82. The van der Waals surface area contributed by atoms with Crippen LogP contribution in [0.3, 0.4) is 0 Å². The van der Waals surface area contributed by atoms with Crippen LogP contribution in [0.5, 0.6) is 0 Å². The molecule has 0 bridgehead atoms. The average Bonchev–Trinajstić information content (AvgIpc) is 2.38. The van der Waals surface area contributed by atoms with Crippen molar-refractivity contribution >= 4 is 5.91 Å². The second-order valence-electron chi connectivity index (χ2n) is 4.88. The van der Waals surface area contributed by atoms with E-state index in [2.05, 4.69) is 15.8 Å². The van der Waals surface area contributed by atoms with E-state index in [-0.39, 0.29) is 5.91 Å². The maximum absolute atomic E-state index is 11.8. The SMILES string of the molecule is O=C(NNC1CCCCCCC1)c1ccncc1. The summed E-state index contributed by atoms with van der Waals surface area (Å²) in [6.45, 7) is 0. The third kappa shape index (κ3) is 4.11. The maximum atomic E-state index is 11.8. The molecule has 18 heavy (non-hydrogen) atoms. The summed E-state index contributed by atoms with van der Waals surface area (Å²) in [6.07, 6.45) is 12.1. The van der Waals surface area contributed by atoms with E-state index in [1.54, 1.807) is 24.5 Å². The number of nitrogens with one attached hydrogen (secondary N) is 2. The van der Waals surface area contributed by atoms with Gasteiger partial charge in [-0.05, 0) is 25.0 Å². The molecule has 2 N–H and O–H groups in total. The molecule has 1 aromatic heterocycles. The fourth-order valence-corrected chi connectivity index (χ4v) is 2.34. The molecule has 1 aliphatic rings. The summed E-state index contributed by atoms with van der Waals surface area (Å²) >= 11 is 0. The molecule has 1 aliphatic carbocycles. The first-order valence-corrected chi connectivity index (χ1v) is 6.82. The van der Waals surface area contributed by atoms with Crippen LogP contribution in [-0.2, 0) is 0 Å². The van der Waals surface area contributed by atoms with E-state index in [0.29, 0.717) is 11.6 Å². The number of carbonyl (C=O) groups is 1. The first kappa shape index (κ1) is 13.0. The van der Waals surface area contributed by atoms with Crippen molar-refractivity contribution in [3.63, 3.8) is 0 Å². The third-order valence-electron chi connectivity index (χ3n) is 3.44. The van der Waals surface area contributed by atoms with E-state index in [9.17, 15) is 4.79 Å². The number of pyridine rings is 1. The Balaban J connectivity index is 1.78. The Hall–Kier alpha value is -1.42.